The van der Waals surface area contributed by atoms with Crippen LogP contribution in [0.5, 0.6) is 0 Å². The average Bonchev–Trinajstić information content (AvgIpc) is 3.29. The molecule has 2 aromatic carbocycles. The van der Waals surface area contributed by atoms with Crippen LogP contribution in [-0.2, 0) is 15.6 Å². The van der Waals surface area contributed by atoms with Gasteiger partial charge in [0.2, 0.25) is 11.5 Å². The van der Waals surface area contributed by atoms with E-state index in [0.29, 0.717) is 11.1 Å². The van der Waals surface area contributed by atoms with Gasteiger partial charge in [0.05, 0.1) is 16.6 Å². The maximum atomic E-state index is 13.6. The summed E-state index contributed by atoms with van der Waals surface area (Å²) in [6, 6.07) is 16.9. The molecule has 214 valence electrons. The lowest BCUT2D eigenvalue weighted by molar-refractivity contribution is -0.438. The molecule has 0 saturated carbocycles. The standard InChI is InChI=1S/C36H40N2O2.BrH/c1-7-9-15-21-37-29-19-13-11-17-27(29)35(3,4)31(37)23-25-33(39)26(34(25)40)24-32-36(5,6)28-18-12-14-20-30(28)38(32)22-16-10-8-2;/h7-8,11-14,17-20,23-24H,1-2,9-10,15-16,21-22H2,3-6H3;1H. The van der Waals surface area contributed by atoms with E-state index in [2.05, 4.69) is 98.9 Å². The third-order valence-corrected chi connectivity index (χ3v) is 8.74. The van der Waals surface area contributed by atoms with Gasteiger partial charge in [0, 0.05) is 47.5 Å². The number of para-hydroxylation sites is 2. The molecule has 0 atom stereocenters. The summed E-state index contributed by atoms with van der Waals surface area (Å²) in [5, 5.41) is 11.3. The van der Waals surface area contributed by atoms with Crippen molar-refractivity contribution < 1.29 is 31.5 Å². The molecule has 5 heteroatoms. The van der Waals surface area contributed by atoms with Crippen LogP contribution in [0.15, 0.2) is 109 Å². The number of fused-ring (bicyclic) bond motifs is 2. The lowest BCUT2D eigenvalue weighted by Crippen LogP contribution is -3.00. The minimum atomic E-state index is -0.288. The Morgan fingerprint density at radius 3 is 2.20 bits per heavy atom. The van der Waals surface area contributed by atoms with Gasteiger partial charge in [-0.1, -0.05) is 62.4 Å². The summed E-state index contributed by atoms with van der Waals surface area (Å²) in [6.07, 6.45) is 11.5. The topological polar surface area (TPSA) is 43.5 Å². The zero-order chi connectivity index (χ0) is 28.7. The Morgan fingerprint density at radius 2 is 1.51 bits per heavy atom. The minimum Gasteiger partial charge on any atom is -1.00 e. The molecule has 1 N–H and O–H groups in total. The van der Waals surface area contributed by atoms with Gasteiger partial charge in [0.15, 0.2) is 5.71 Å². The van der Waals surface area contributed by atoms with Crippen LogP contribution < -0.4 is 21.9 Å². The van der Waals surface area contributed by atoms with E-state index in [9.17, 15) is 9.90 Å². The number of aliphatic hydroxyl groups is 1. The summed E-state index contributed by atoms with van der Waals surface area (Å²) < 4.78 is 2.31. The summed E-state index contributed by atoms with van der Waals surface area (Å²) in [7, 11) is 0. The smallest absolute Gasteiger partial charge is 0.209 e. The van der Waals surface area contributed by atoms with Crippen LogP contribution in [0.4, 0.5) is 11.4 Å². The van der Waals surface area contributed by atoms with E-state index in [0.717, 1.165) is 50.2 Å². The molecule has 5 rings (SSSR count). The molecule has 0 bridgehead atoms. The molecule has 1 aliphatic carbocycles. The number of Topliss-reactive ketones (excluding diaryl/α,β-unsaturated/α-hetero) is 1. The normalized spacial score (nSPS) is 20.2. The van der Waals surface area contributed by atoms with Crippen molar-refractivity contribution in [2.75, 3.05) is 18.0 Å². The van der Waals surface area contributed by atoms with Crippen molar-refractivity contribution >= 4 is 22.9 Å². The van der Waals surface area contributed by atoms with Crippen molar-refractivity contribution in [3.63, 3.8) is 0 Å². The molecule has 4 nitrogen and oxygen atoms in total. The van der Waals surface area contributed by atoms with Gasteiger partial charge in [0.25, 0.3) is 0 Å². The minimum absolute atomic E-state index is 0. The Labute approximate surface area is 255 Å². The summed E-state index contributed by atoms with van der Waals surface area (Å²) in [5.41, 5.74) is 7.09. The second kappa shape index (κ2) is 11.8. The molecule has 0 saturated heterocycles. The zero-order valence-corrected chi connectivity index (χ0v) is 26.3. The molecule has 0 fully saturated rings. The molecule has 0 unspecified atom stereocenters. The number of hydrogen-bond donors (Lipinski definition) is 1. The van der Waals surface area contributed by atoms with E-state index in [-0.39, 0.29) is 39.4 Å². The fourth-order valence-corrected chi connectivity index (χ4v) is 6.46. The summed E-state index contributed by atoms with van der Waals surface area (Å²) in [5.74, 6) is -0.0197. The third kappa shape index (κ3) is 5.10. The SMILES string of the molecule is C=CCCCN1/C(=C/C2=C(O)C(=C/C3=[N+](CCCC=C)c4ccccc4C3(C)C)/C2=O)C(C)(C)c2ccccc21.[Br-]. The Hall–Kier alpha value is -3.44. The predicted octanol–water partition coefficient (Wildman–Crippen LogP) is 5.00. The number of aliphatic hydroxyl groups excluding tert-OH is 1. The quantitative estimate of drug-likeness (QED) is 0.178. The molecule has 0 amide bonds. The number of halogens is 1. The molecule has 0 aromatic heterocycles. The second-order valence-electron chi connectivity index (χ2n) is 12.0. The number of allylic oxidation sites excluding steroid dienone is 7. The first-order valence-corrected chi connectivity index (χ1v) is 14.4. The highest BCUT2D eigenvalue weighted by Crippen LogP contribution is 2.49. The van der Waals surface area contributed by atoms with Gasteiger partial charge >= 0.3 is 0 Å². The highest BCUT2D eigenvalue weighted by Gasteiger charge is 2.47. The molecule has 2 heterocycles. The molecule has 0 radical (unpaired) electrons. The van der Waals surface area contributed by atoms with Crippen molar-refractivity contribution in [1.82, 2.24) is 0 Å². The third-order valence-electron chi connectivity index (χ3n) is 8.74. The van der Waals surface area contributed by atoms with Crippen LogP contribution >= 0.6 is 0 Å². The highest BCUT2D eigenvalue weighted by atomic mass is 79.9. The Kier molecular flexibility index (Phi) is 8.79. The van der Waals surface area contributed by atoms with Gasteiger partial charge in [-0.05, 0) is 50.8 Å². The Morgan fingerprint density at radius 1 is 0.878 bits per heavy atom. The zero-order valence-electron chi connectivity index (χ0n) is 24.7. The molecule has 2 aromatic rings. The number of rotatable bonds is 10. The van der Waals surface area contributed by atoms with Gasteiger partial charge in [0.1, 0.15) is 12.3 Å². The van der Waals surface area contributed by atoms with E-state index in [1.807, 2.05) is 24.3 Å². The maximum absolute atomic E-state index is 13.6. The van der Waals surface area contributed by atoms with Gasteiger partial charge < -0.3 is 27.0 Å². The molecule has 0 spiro atoms. The summed E-state index contributed by atoms with van der Waals surface area (Å²) >= 11 is 0. The number of nitrogens with zero attached hydrogens (tertiary/aromatic N) is 2. The summed E-state index contributed by atoms with van der Waals surface area (Å²) in [4.78, 5) is 15.9. The summed E-state index contributed by atoms with van der Waals surface area (Å²) in [6.45, 7) is 18.2. The Balaban J connectivity index is 0.00000387. The second-order valence-corrected chi connectivity index (χ2v) is 12.0. The van der Waals surface area contributed by atoms with Crippen LogP contribution in [0.2, 0.25) is 0 Å². The van der Waals surface area contributed by atoms with E-state index >= 15 is 0 Å². The van der Waals surface area contributed by atoms with E-state index in [1.54, 1.807) is 0 Å². The van der Waals surface area contributed by atoms with E-state index < -0.39 is 0 Å². The number of hydrogen-bond acceptors (Lipinski definition) is 3. The number of unbranched alkanes of at least 4 members (excludes halogenated alkanes) is 2. The first kappa shape index (κ1) is 30.5. The van der Waals surface area contributed by atoms with E-state index in [1.165, 1.54) is 22.5 Å². The van der Waals surface area contributed by atoms with Crippen LogP contribution in [-0.4, -0.2) is 34.3 Å². The lowest BCUT2D eigenvalue weighted by atomic mass is 9.77. The molecular formula is C36H41BrN2O2. The van der Waals surface area contributed by atoms with Crippen molar-refractivity contribution in [3.05, 3.63) is 120 Å². The van der Waals surface area contributed by atoms with Crippen molar-refractivity contribution in [1.29, 1.82) is 0 Å². The van der Waals surface area contributed by atoms with Crippen molar-refractivity contribution in [3.8, 4) is 0 Å². The van der Waals surface area contributed by atoms with Gasteiger partial charge in [-0.15, -0.1) is 13.2 Å². The van der Waals surface area contributed by atoms with Crippen LogP contribution in [0.1, 0.15) is 64.5 Å². The fraction of sp³-hybridized carbons (Fsp3) is 0.333. The molecule has 3 aliphatic rings. The fourth-order valence-electron chi connectivity index (χ4n) is 6.46. The number of carbonyl (C=O) groups excluding carboxylic acids is 1. The van der Waals surface area contributed by atoms with Crippen molar-refractivity contribution in [2.24, 2.45) is 0 Å². The van der Waals surface area contributed by atoms with Crippen LogP contribution in [0.25, 0.3) is 0 Å². The largest absolute Gasteiger partial charge is 1.00 e. The first-order chi connectivity index (χ1) is 19.1. The number of ketones is 1. The molecule has 2 aliphatic heterocycles. The number of benzene rings is 2. The average molecular weight is 614 g/mol. The Bertz CT molecular complexity index is 1520. The van der Waals surface area contributed by atoms with E-state index in [4.69, 9.17) is 0 Å². The maximum Gasteiger partial charge on any atom is 0.209 e. The van der Waals surface area contributed by atoms with Gasteiger partial charge in [-0.3, -0.25) is 4.79 Å². The van der Waals surface area contributed by atoms with Gasteiger partial charge in [-0.25, -0.2) is 0 Å². The van der Waals surface area contributed by atoms with Crippen LogP contribution in [0, 0.1) is 0 Å². The lowest BCUT2D eigenvalue weighted by Gasteiger charge is -2.29. The molecule has 41 heavy (non-hydrogen) atoms. The van der Waals surface area contributed by atoms with Crippen molar-refractivity contribution in [2.45, 2.75) is 64.2 Å². The number of anilines is 1. The number of carbonyl (C=O) groups is 1. The van der Waals surface area contributed by atoms with Gasteiger partial charge in [-0.2, -0.15) is 4.58 Å². The highest BCUT2D eigenvalue weighted by molar-refractivity contribution is 6.24. The predicted molar refractivity (Wildman–Crippen MR) is 166 cm³/mol. The van der Waals surface area contributed by atoms with Crippen LogP contribution in [0.3, 0.4) is 0 Å². The molecular weight excluding hydrogens is 572 g/mol. The monoisotopic (exact) mass is 612 g/mol. The first-order valence-electron chi connectivity index (χ1n) is 14.4.